The number of aromatic nitrogens is 2. The topological polar surface area (TPSA) is 72.5 Å². The number of aryl methyl sites for hydroxylation is 2. The van der Waals surface area contributed by atoms with Crippen molar-refractivity contribution < 1.29 is 4.79 Å². The second-order valence-corrected chi connectivity index (χ2v) is 8.35. The van der Waals surface area contributed by atoms with Gasteiger partial charge in [0.15, 0.2) is 0 Å². The Morgan fingerprint density at radius 3 is 2.41 bits per heavy atom. The van der Waals surface area contributed by atoms with E-state index in [0.717, 1.165) is 49.0 Å². The molecule has 1 amide bonds. The maximum absolute atomic E-state index is 12.7. The highest BCUT2D eigenvalue weighted by molar-refractivity contribution is 5.76. The molecule has 5 heterocycles. The summed E-state index contributed by atoms with van der Waals surface area (Å²) in [6.07, 6.45) is 3.81. The molecule has 5 rings (SSSR count). The zero-order valence-electron chi connectivity index (χ0n) is 16.5. The van der Waals surface area contributed by atoms with Gasteiger partial charge in [0.2, 0.25) is 5.91 Å². The number of carbonyl (C=O) groups excluding carboxylic acids is 1. The SMILES string of the molecule is Cc1nc(=O)[nH]c(C)c1CCC(=O)N1CCN([C@@H]2CN3CCC2CC3)CC1. The summed E-state index contributed by atoms with van der Waals surface area (Å²) in [5.41, 5.74) is 2.24. The first-order valence-electron chi connectivity index (χ1n) is 10.3. The van der Waals surface area contributed by atoms with Gasteiger partial charge in [-0.3, -0.25) is 9.69 Å². The van der Waals surface area contributed by atoms with Crippen LogP contribution in [0.1, 0.15) is 36.2 Å². The van der Waals surface area contributed by atoms with Gasteiger partial charge in [-0.25, -0.2) is 4.79 Å². The van der Waals surface area contributed by atoms with Crippen LogP contribution in [0.3, 0.4) is 0 Å². The number of nitrogens with one attached hydrogen (secondary N) is 1. The molecule has 1 N–H and O–H groups in total. The van der Waals surface area contributed by atoms with Crippen LogP contribution >= 0.6 is 0 Å². The van der Waals surface area contributed by atoms with Crippen LogP contribution in [0.5, 0.6) is 0 Å². The van der Waals surface area contributed by atoms with Crippen LogP contribution in [-0.4, -0.2) is 82.4 Å². The van der Waals surface area contributed by atoms with Gasteiger partial charge in [-0.15, -0.1) is 0 Å². The lowest BCUT2D eigenvalue weighted by Crippen LogP contribution is -2.61. The Morgan fingerprint density at radius 2 is 1.81 bits per heavy atom. The van der Waals surface area contributed by atoms with Crippen LogP contribution in [0.15, 0.2) is 4.79 Å². The third-order valence-electron chi connectivity index (χ3n) is 6.80. The van der Waals surface area contributed by atoms with E-state index in [-0.39, 0.29) is 11.6 Å². The minimum Gasteiger partial charge on any atom is -0.340 e. The van der Waals surface area contributed by atoms with Crippen molar-refractivity contribution in [3.05, 3.63) is 27.4 Å². The zero-order chi connectivity index (χ0) is 19.0. The van der Waals surface area contributed by atoms with Crippen molar-refractivity contribution >= 4 is 5.91 Å². The molecule has 0 radical (unpaired) electrons. The number of fused-ring (bicyclic) bond motifs is 3. The number of piperazine rings is 1. The van der Waals surface area contributed by atoms with Gasteiger partial charge >= 0.3 is 5.69 Å². The van der Waals surface area contributed by atoms with Crippen molar-refractivity contribution in [3.8, 4) is 0 Å². The number of aromatic amines is 1. The Bertz CT molecular complexity index is 719. The van der Waals surface area contributed by atoms with Gasteiger partial charge in [0.1, 0.15) is 0 Å². The van der Waals surface area contributed by atoms with E-state index in [2.05, 4.69) is 19.8 Å². The van der Waals surface area contributed by atoms with Crippen LogP contribution in [0, 0.1) is 19.8 Å². The highest BCUT2D eigenvalue weighted by Gasteiger charge is 2.38. The van der Waals surface area contributed by atoms with Gasteiger partial charge in [0, 0.05) is 56.6 Å². The molecule has 4 aliphatic rings. The van der Waals surface area contributed by atoms with Crippen molar-refractivity contribution in [1.82, 2.24) is 24.7 Å². The third kappa shape index (κ3) is 3.94. The molecular formula is C20H31N5O2. The molecule has 1 atom stereocenters. The van der Waals surface area contributed by atoms with E-state index >= 15 is 0 Å². The van der Waals surface area contributed by atoms with Gasteiger partial charge in [-0.05, 0) is 57.7 Å². The Morgan fingerprint density at radius 1 is 1.11 bits per heavy atom. The van der Waals surface area contributed by atoms with Crippen molar-refractivity contribution in [3.63, 3.8) is 0 Å². The average molecular weight is 374 g/mol. The monoisotopic (exact) mass is 373 g/mol. The predicted molar refractivity (Wildman–Crippen MR) is 104 cm³/mol. The molecule has 0 spiro atoms. The molecule has 0 aliphatic carbocycles. The van der Waals surface area contributed by atoms with Crippen molar-refractivity contribution in [1.29, 1.82) is 0 Å². The number of carbonyl (C=O) groups is 1. The summed E-state index contributed by atoms with van der Waals surface area (Å²) in [4.78, 5) is 38.0. The summed E-state index contributed by atoms with van der Waals surface area (Å²) in [6.45, 7) is 11.2. The smallest absolute Gasteiger partial charge is 0.340 e. The summed E-state index contributed by atoms with van der Waals surface area (Å²) < 4.78 is 0. The fourth-order valence-corrected chi connectivity index (χ4v) is 5.16. The highest BCUT2D eigenvalue weighted by atomic mass is 16.2. The molecule has 0 saturated carbocycles. The summed E-state index contributed by atoms with van der Waals surface area (Å²) in [7, 11) is 0. The zero-order valence-corrected chi connectivity index (χ0v) is 16.5. The van der Waals surface area contributed by atoms with Crippen LogP contribution in [-0.2, 0) is 11.2 Å². The molecule has 7 nitrogen and oxygen atoms in total. The fraction of sp³-hybridized carbons (Fsp3) is 0.750. The van der Waals surface area contributed by atoms with E-state index < -0.39 is 0 Å². The Balaban J connectivity index is 1.28. The second kappa shape index (κ2) is 7.72. The van der Waals surface area contributed by atoms with Gasteiger partial charge < -0.3 is 14.8 Å². The lowest BCUT2D eigenvalue weighted by molar-refractivity contribution is -0.134. The molecule has 148 valence electrons. The molecule has 27 heavy (non-hydrogen) atoms. The van der Waals surface area contributed by atoms with Gasteiger partial charge in [-0.1, -0.05) is 0 Å². The number of rotatable bonds is 4. The molecule has 7 heteroatoms. The quantitative estimate of drug-likeness (QED) is 0.835. The first-order chi connectivity index (χ1) is 13.0. The molecule has 4 fully saturated rings. The van der Waals surface area contributed by atoms with Crippen LogP contribution < -0.4 is 5.69 Å². The standard InChI is InChI=1S/C20H31N5O2/c1-14-17(15(2)22-20(27)21-14)3-4-19(26)25-11-9-24(10-12-25)18-13-23-7-5-16(18)6-8-23/h16,18H,3-13H2,1-2H3,(H,21,22,27)/t18-/m1/s1. The number of H-pyrrole nitrogens is 1. The molecule has 4 saturated heterocycles. The number of amides is 1. The lowest BCUT2D eigenvalue weighted by atomic mass is 9.83. The largest absolute Gasteiger partial charge is 0.345 e. The second-order valence-electron chi connectivity index (χ2n) is 8.35. The molecular weight excluding hydrogens is 342 g/mol. The predicted octanol–water partition coefficient (Wildman–Crippen LogP) is 0.558. The van der Waals surface area contributed by atoms with Crippen molar-refractivity contribution in [2.24, 2.45) is 5.92 Å². The molecule has 0 aromatic carbocycles. The normalized spacial score (nSPS) is 28.5. The molecule has 1 aromatic heterocycles. The highest BCUT2D eigenvalue weighted by Crippen LogP contribution is 2.31. The van der Waals surface area contributed by atoms with Gasteiger partial charge in [0.05, 0.1) is 0 Å². The van der Waals surface area contributed by atoms with Crippen LogP contribution in [0.4, 0.5) is 0 Å². The van der Waals surface area contributed by atoms with Crippen molar-refractivity contribution in [2.75, 3.05) is 45.8 Å². The number of nitrogens with zero attached hydrogens (tertiary/aromatic N) is 4. The van der Waals surface area contributed by atoms with Crippen molar-refractivity contribution in [2.45, 2.75) is 45.6 Å². The number of hydrogen-bond donors (Lipinski definition) is 1. The summed E-state index contributed by atoms with van der Waals surface area (Å²) in [6, 6.07) is 0.697. The van der Waals surface area contributed by atoms with E-state index in [0.29, 0.717) is 18.9 Å². The summed E-state index contributed by atoms with van der Waals surface area (Å²) in [5, 5.41) is 0. The minimum atomic E-state index is -0.316. The molecule has 2 bridgehead atoms. The van der Waals surface area contributed by atoms with E-state index in [1.807, 2.05) is 18.7 Å². The van der Waals surface area contributed by atoms with E-state index in [9.17, 15) is 9.59 Å². The summed E-state index contributed by atoms with van der Waals surface area (Å²) >= 11 is 0. The van der Waals surface area contributed by atoms with Crippen LogP contribution in [0.2, 0.25) is 0 Å². The average Bonchev–Trinajstić information content (AvgIpc) is 2.68. The Labute approximate surface area is 160 Å². The maximum Gasteiger partial charge on any atom is 0.345 e. The lowest BCUT2D eigenvalue weighted by Gasteiger charge is -2.51. The summed E-state index contributed by atoms with van der Waals surface area (Å²) in [5.74, 6) is 1.07. The maximum atomic E-state index is 12.7. The van der Waals surface area contributed by atoms with E-state index in [4.69, 9.17) is 0 Å². The first kappa shape index (κ1) is 18.6. The number of piperidine rings is 3. The third-order valence-corrected chi connectivity index (χ3v) is 6.80. The van der Waals surface area contributed by atoms with E-state index in [1.165, 1.54) is 32.5 Å². The minimum absolute atomic E-state index is 0.216. The fourth-order valence-electron chi connectivity index (χ4n) is 5.16. The Kier molecular flexibility index (Phi) is 5.32. The molecule has 1 aromatic rings. The molecule has 0 unspecified atom stereocenters. The van der Waals surface area contributed by atoms with E-state index in [1.54, 1.807) is 0 Å². The number of hydrogen-bond acceptors (Lipinski definition) is 5. The Hall–Kier alpha value is -1.73. The first-order valence-corrected chi connectivity index (χ1v) is 10.3. The van der Waals surface area contributed by atoms with Crippen LogP contribution in [0.25, 0.3) is 0 Å². The molecule has 4 aliphatic heterocycles. The van der Waals surface area contributed by atoms with Gasteiger partial charge in [0.25, 0.3) is 0 Å². The van der Waals surface area contributed by atoms with Gasteiger partial charge in [-0.2, -0.15) is 4.98 Å².